The van der Waals surface area contributed by atoms with Crippen molar-refractivity contribution in [2.24, 2.45) is 11.8 Å². The van der Waals surface area contributed by atoms with Gasteiger partial charge < -0.3 is 9.47 Å². The van der Waals surface area contributed by atoms with E-state index in [1.165, 1.54) is 0 Å². The summed E-state index contributed by atoms with van der Waals surface area (Å²) in [6, 6.07) is 0. The topological polar surface area (TPSA) is 52.6 Å². The van der Waals surface area contributed by atoms with Crippen LogP contribution in [0.2, 0.25) is 0 Å². The molecule has 0 saturated heterocycles. The highest BCUT2D eigenvalue weighted by molar-refractivity contribution is 5.76. The molecule has 0 heterocycles. The quantitative estimate of drug-likeness (QED) is 0.690. The molecule has 92 valence electrons. The van der Waals surface area contributed by atoms with Gasteiger partial charge in [0.15, 0.2) is 0 Å². The average Bonchev–Trinajstić information content (AvgIpc) is 2.30. The van der Waals surface area contributed by atoms with Crippen LogP contribution in [0.3, 0.4) is 0 Å². The normalized spacial score (nSPS) is 24.9. The average molecular weight is 228 g/mol. The lowest BCUT2D eigenvalue weighted by atomic mass is 9.81. The molecule has 0 aliphatic heterocycles. The Balaban J connectivity index is 2.46. The lowest BCUT2D eigenvalue weighted by Gasteiger charge is -2.26. The van der Waals surface area contributed by atoms with E-state index >= 15 is 0 Å². The first-order valence-electron chi connectivity index (χ1n) is 6.02. The molecule has 0 aromatic rings. The minimum absolute atomic E-state index is 0.122. The van der Waals surface area contributed by atoms with Crippen LogP contribution in [-0.4, -0.2) is 25.2 Å². The van der Waals surface area contributed by atoms with Crippen LogP contribution in [-0.2, 0) is 19.1 Å². The first kappa shape index (κ1) is 13.0. The fourth-order valence-corrected chi connectivity index (χ4v) is 2.14. The van der Waals surface area contributed by atoms with Crippen molar-refractivity contribution in [3.05, 3.63) is 0 Å². The van der Waals surface area contributed by atoms with Gasteiger partial charge in [-0.1, -0.05) is 6.42 Å². The monoisotopic (exact) mass is 228 g/mol. The largest absolute Gasteiger partial charge is 0.466 e. The fraction of sp³-hybridized carbons (Fsp3) is 0.833. The molecule has 0 radical (unpaired) electrons. The first-order valence-corrected chi connectivity index (χ1v) is 6.02. The number of ether oxygens (including phenoxy) is 2. The molecule has 0 N–H and O–H groups in total. The predicted octanol–water partition coefficient (Wildman–Crippen LogP) is 1.92. The Hall–Kier alpha value is -1.06. The first-order chi connectivity index (χ1) is 7.69. The van der Waals surface area contributed by atoms with E-state index in [0.717, 1.165) is 19.3 Å². The Kier molecular flexibility index (Phi) is 5.29. The van der Waals surface area contributed by atoms with E-state index in [-0.39, 0.29) is 23.8 Å². The number of hydrogen-bond donors (Lipinski definition) is 0. The van der Waals surface area contributed by atoms with Crippen LogP contribution in [0.4, 0.5) is 0 Å². The van der Waals surface area contributed by atoms with Gasteiger partial charge in [-0.15, -0.1) is 0 Å². The Bertz CT molecular complexity index is 225. The zero-order valence-electron chi connectivity index (χ0n) is 10.0. The van der Waals surface area contributed by atoms with Crippen LogP contribution in [0.25, 0.3) is 0 Å². The molecule has 1 saturated carbocycles. The van der Waals surface area contributed by atoms with Gasteiger partial charge in [-0.25, -0.2) is 0 Å². The lowest BCUT2D eigenvalue weighted by Crippen LogP contribution is -2.29. The molecule has 2 atom stereocenters. The maximum Gasteiger partial charge on any atom is 0.308 e. The molecule has 1 aliphatic rings. The molecule has 0 aromatic heterocycles. The second-order valence-corrected chi connectivity index (χ2v) is 4.06. The molecular formula is C12H20O4. The molecule has 4 nitrogen and oxygen atoms in total. The summed E-state index contributed by atoms with van der Waals surface area (Å²) >= 11 is 0. The molecule has 1 fully saturated rings. The molecule has 0 bridgehead atoms. The zero-order valence-corrected chi connectivity index (χ0v) is 10.0. The van der Waals surface area contributed by atoms with Gasteiger partial charge in [0.25, 0.3) is 0 Å². The molecule has 0 spiro atoms. The molecule has 16 heavy (non-hydrogen) atoms. The van der Waals surface area contributed by atoms with Crippen molar-refractivity contribution in [1.82, 2.24) is 0 Å². The van der Waals surface area contributed by atoms with E-state index in [0.29, 0.717) is 19.6 Å². The van der Waals surface area contributed by atoms with Crippen molar-refractivity contribution < 1.29 is 19.1 Å². The second kappa shape index (κ2) is 6.51. The molecule has 0 amide bonds. The SMILES string of the molecule is CCOC(=O)[C@@H]1CCC[C@H](C(=O)OCC)C1. The highest BCUT2D eigenvalue weighted by Gasteiger charge is 2.32. The summed E-state index contributed by atoms with van der Waals surface area (Å²) in [4.78, 5) is 23.1. The van der Waals surface area contributed by atoms with Crippen LogP contribution < -0.4 is 0 Å². The van der Waals surface area contributed by atoms with E-state index < -0.39 is 0 Å². The van der Waals surface area contributed by atoms with Crippen molar-refractivity contribution in [2.75, 3.05) is 13.2 Å². The summed E-state index contributed by atoms with van der Waals surface area (Å²) in [5.41, 5.74) is 0. The summed E-state index contributed by atoms with van der Waals surface area (Å²) in [7, 11) is 0. The zero-order chi connectivity index (χ0) is 12.0. The van der Waals surface area contributed by atoms with E-state index in [4.69, 9.17) is 9.47 Å². The van der Waals surface area contributed by atoms with Gasteiger partial charge in [0.1, 0.15) is 0 Å². The van der Waals surface area contributed by atoms with Crippen molar-refractivity contribution in [1.29, 1.82) is 0 Å². The second-order valence-electron chi connectivity index (χ2n) is 4.06. The van der Waals surface area contributed by atoms with E-state index in [9.17, 15) is 9.59 Å². The summed E-state index contributed by atoms with van der Waals surface area (Å²) in [6.07, 6.45) is 3.13. The van der Waals surface area contributed by atoms with Gasteiger partial charge in [0, 0.05) is 0 Å². The predicted molar refractivity (Wildman–Crippen MR) is 58.7 cm³/mol. The van der Waals surface area contributed by atoms with Crippen molar-refractivity contribution in [3.63, 3.8) is 0 Å². The van der Waals surface area contributed by atoms with Gasteiger partial charge in [0.2, 0.25) is 0 Å². The Morgan fingerprint density at radius 3 is 1.81 bits per heavy atom. The van der Waals surface area contributed by atoms with Gasteiger partial charge >= 0.3 is 11.9 Å². The number of carbonyl (C=O) groups excluding carboxylic acids is 2. The van der Waals surface area contributed by atoms with Crippen LogP contribution in [0.1, 0.15) is 39.5 Å². The van der Waals surface area contributed by atoms with Gasteiger partial charge in [-0.05, 0) is 33.1 Å². The minimum Gasteiger partial charge on any atom is -0.466 e. The third kappa shape index (κ3) is 3.51. The van der Waals surface area contributed by atoms with Crippen LogP contribution in [0.15, 0.2) is 0 Å². The highest BCUT2D eigenvalue weighted by atomic mass is 16.5. The van der Waals surface area contributed by atoms with E-state index in [1.54, 1.807) is 13.8 Å². The Morgan fingerprint density at radius 2 is 1.44 bits per heavy atom. The van der Waals surface area contributed by atoms with Gasteiger partial charge in [-0.2, -0.15) is 0 Å². The third-order valence-electron chi connectivity index (χ3n) is 2.91. The van der Waals surface area contributed by atoms with E-state index in [1.807, 2.05) is 0 Å². The van der Waals surface area contributed by atoms with Crippen LogP contribution in [0, 0.1) is 11.8 Å². The number of hydrogen-bond acceptors (Lipinski definition) is 4. The van der Waals surface area contributed by atoms with E-state index in [2.05, 4.69) is 0 Å². The fourth-order valence-electron chi connectivity index (χ4n) is 2.14. The summed E-state index contributed by atoms with van der Waals surface area (Å²) < 4.78 is 9.96. The Morgan fingerprint density at radius 1 is 1.00 bits per heavy atom. The molecule has 0 unspecified atom stereocenters. The molecule has 1 rings (SSSR count). The van der Waals surface area contributed by atoms with Crippen molar-refractivity contribution in [3.8, 4) is 0 Å². The standard InChI is InChI=1S/C12H20O4/c1-3-15-11(13)9-6-5-7-10(8-9)12(14)16-4-2/h9-10H,3-8H2,1-2H3/t9-,10+. The molecule has 4 heteroatoms. The molecular weight excluding hydrogens is 208 g/mol. The number of rotatable bonds is 4. The number of esters is 2. The van der Waals surface area contributed by atoms with Gasteiger partial charge in [-0.3, -0.25) is 9.59 Å². The van der Waals surface area contributed by atoms with Crippen molar-refractivity contribution in [2.45, 2.75) is 39.5 Å². The maximum atomic E-state index is 11.5. The van der Waals surface area contributed by atoms with Gasteiger partial charge in [0.05, 0.1) is 25.0 Å². The number of carbonyl (C=O) groups is 2. The summed E-state index contributed by atoms with van der Waals surface area (Å²) in [6.45, 7) is 4.39. The highest BCUT2D eigenvalue weighted by Crippen LogP contribution is 2.30. The minimum atomic E-state index is -0.170. The molecule has 1 aliphatic carbocycles. The molecule has 0 aromatic carbocycles. The Labute approximate surface area is 96.3 Å². The van der Waals surface area contributed by atoms with Crippen LogP contribution >= 0.6 is 0 Å². The lowest BCUT2D eigenvalue weighted by molar-refractivity contribution is -0.154. The van der Waals surface area contributed by atoms with Crippen LogP contribution in [0.5, 0.6) is 0 Å². The maximum absolute atomic E-state index is 11.5. The van der Waals surface area contributed by atoms with Crippen molar-refractivity contribution >= 4 is 11.9 Å². The summed E-state index contributed by atoms with van der Waals surface area (Å²) in [5, 5.41) is 0. The smallest absolute Gasteiger partial charge is 0.308 e. The third-order valence-corrected chi connectivity index (χ3v) is 2.91. The summed E-state index contributed by atoms with van der Waals surface area (Å²) in [5.74, 6) is -0.584.